The molecule has 5 aromatic rings. The Bertz CT molecular complexity index is 2000. The molecular formula is C33H33N9O6. The number of amides is 2. The fourth-order valence-corrected chi connectivity index (χ4v) is 5.20. The van der Waals surface area contributed by atoms with Gasteiger partial charge in [-0.15, -0.1) is 0 Å². The Labute approximate surface area is 274 Å². The third-order valence-corrected chi connectivity index (χ3v) is 7.66. The molecule has 0 bridgehead atoms. The minimum Gasteiger partial charge on any atom is -0.481 e. The lowest BCUT2D eigenvalue weighted by Gasteiger charge is -2.22. The second-order valence-electron chi connectivity index (χ2n) is 11.1. The quantitative estimate of drug-likeness (QED) is 0.107. The van der Waals surface area contributed by atoms with Crippen LogP contribution in [0.1, 0.15) is 34.5 Å². The number of carbonyl (C=O) groups is 4. The molecule has 5 rings (SSSR count). The fourth-order valence-electron chi connectivity index (χ4n) is 5.20. The Hall–Kier alpha value is -6.38. The van der Waals surface area contributed by atoms with E-state index in [4.69, 9.17) is 11.5 Å². The Balaban J connectivity index is 1.26. The highest BCUT2D eigenvalue weighted by atomic mass is 16.4. The topological polar surface area (TPSA) is 240 Å². The van der Waals surface area contributed by atoms with Gasteiger partial charge in [-0.25, -0.2) is 14.8 Å². The van der Waals surface area contributed by atoms with E-state index in [9.17, 15) is 29.4 Å². The van der Waals surface area contributed by atoms with Gasteiger partial charge in [-0.2, -0.15) is 9.97 Å². The van der Waals surface area contributed by atoms with Crippen molar-refractivity contribution in [3.63, 3.8) is 0 Å². The zero-order valence-electron chi connectivity index (χ0n) is 25.8. The summed E-state index contributed by atoms with van der Waals surface area (Å²) in [6.07, 6.45) is 0.860. The summed E-state index contributed by atoms with van der Waals surface area (Å²) in [6, 6.07) is 16.8. The van der Waals surface area contributed by atoms with E-state index in [1.54, 1.807) is 42.6 Å². The second-order valence-corrected chi connectivity index (χ2v) is 11.1. The van der Waals surface area contributed by atoms with Crippen molar-refractivity contribution >= 4 is 63.1 Å². The Morgan fingerprint density at radius 3 is 2.33 bits per heavy atom. The number of aromatic nitrogens is 4. The minimum absolute atomic E-state index is 0.00141. The Kier molecular flexibility index (Phi) is 9.88. The van der Waals surface area contributed by atoms with Crippen molar-refractivity contribution in [1.29, 1.82) is 0 Å². The van der Waals surface area contributed by atoms with Crippen LogP contribution in [0.4, 0.5) is 17.5 Å². The largest absolute Gasteiger partial charge is 0.481 e. The van der Waals surface area contributed by atoms with Crippen molar-refractivity contribution in [2.24, 2.45) is 0 Å². The molecule has 0 aliphatic heterocycles. The van der Waals surface area contributed by atoms with Crippen LogP contribution in [0.2, 0.25) is 0 Å². The van der Waals surface area contributed by atoms with Gasteiger partial charge in [0.25, 0.3) is 5.91 Å². The van der Waals surface area contributed by atoms with Crippen LogP contribution >= 0.6 is 0 Å². The van der Waals surface area contributed by atoms with E-state index < -0.39 is 42.3 Å². The lowest BCUT2D eigenvalue weighted by Crippen LogP contribution is -2.52. The summed E-state index contributed by atoms with van der Waals surface area (Å²) < 4.78 is 0. The molecule has 0 radical (unpaired) electrons. The smallest absolute Gasteiger partial charge is 0.326 e. The van der Waals surface area contributed by atoms with Crippen molar-refractivity contribution in [1.82, 2.24) is 30.6 Å². The van der Waals surface area contributed by atoms with Crippen molar-refractivity contribution in [2.45, 2.75) is 37.9 Å². The van der Waals surface area contributed by atoms with Gasteiger partial charge in [0.15, 0.2) is 17.0 Å². The molecule has 2 amide bonds. The van der Waals surface area contributed by atoms with Crippen molar-refractivity contribution < 1.29 is 29.4 Å². The Morgan fingerprint density at radius 2 is 1.60 bits per heavy atom. The number of fused-ring (bicyclic) bond motifs is 2. The van der Waals surface area contributed by atoms with Crippen molar-refractivity contribution in [2.75, 3.05) is 23.4 Å². The number of aliphatic carboxylic acids is 2. The monoisotopic (exact) mass is 651 g/mol. The van der Waals surface area contributed by atoms with Crippen LogP contribution in [-0.4, -0.2) is 73.0 Å². The molecule has 2 heterocycles. The number of carbonyl (C=O) groups excluding carboxylic acids is 2. The first-order valence-electron chi connectivity index (χ1n) is 14.9. The maximum Gasteiger partial charge on any atom is 0.326 e. The van der Waals surface area contributed by atoms with E-state index in [0.717, 1.165) is 16.5 Å². The Morgan fingerprint density at radius 1 is 0.875 bits per heavy atom. The number of benzene rings is 3. The highest BCUT2D eigenvalue weighted by Gasteiger charge is 2.28. The first-order valence-corrected chi connectivity index (χ1v) is 14.9. The molecule has 8 N–H and O–H groups in total. The van der Waals surface area contributed by atoms with Crippen LogP contribution in [0.15, 0.2) is 72.9 Å². The molecule has 0 saturated heterocycles. The molecule has 15 heteroatoms. The van der Waals surface area contributed by atoms with Crippen LogP contribution in [-0.2, 0) is 27.3 Å². The van der Waals surface area contributed by atoms with Gasteiger partial charge in [-0.05, 0) is 47.0 Å². The second kappa shape index (κ2) is 14.4. The molecule has 0 spiro atoms. The van der Waals surface area contributed by atoms with Gasteiger partial charge in [0.05, 0.1) is 18.4 Å². The van der Waals surface area contributed by atoms with Crippen LogP contribution in [0.5, 0.6) is 0 Å². The molecule has 15 nitrogen and oxygen atoms in total. The number of rotatable bonds is 13. The molecule has 2 atom stereocenters. The zero-order valence-corrected chi connectivity index (χ0v) is 25.8. The minimum atomic E-state index is -1.32. The first kappa shape index (κ1) is 33.0. The molecule has 0 unspecified atom stereocenters. The lowest BCUT2D eigenvalue weighted by atomic mass is 9.98. The van der Waals surface area contributed by atoms with E-state index in [1.807, 2.05) is 42.3 Å². The van der Waals surface area contributed by atoms with E-state index in [0.29, 0.717) is 23.3 Å². The van der Waals surface area contributed by atoms with Gasteiger partial charge in [0.1, 0.15) is 12.1 Å². The molecule has 0 saturated carbocycles. The molecule has 48 heavy (non-hydrogen) atoms. The van der Waals surface area contributed by atoms with Gasteiger partial charge in [0, 0.05) is 31.1 Å². The third-order valence-electron chi connectivity index (χ3n) is 7.66. The molecule has 0 fully saturated rings. The highest BCUT2D eigenvalue weighted by Crippen LogP contribution is 2.21. The number of hydrogen-bond donors (Lipinski definition) is 6. The van der Waals surface area contributed by atoms with Gasteiger partial charge < -0.3 is 37.2 Å². The third kappa shape index (κ3) is 7.88. The predicted octanol–water partition coefficient (Wildman–Crippen LogP) is 2.15. The number of nitrogen functional groups attached to an aromatic ring is 2. The number of nitrogens with one attached hydrogen (secondary N) is 2. The van der Waals surface area contributed by atoms with Crippen molar-refractivity contribution in [3.8, 4) is 0 Å². The summed E-state index contributed by atoms with van der Waals surface area (Å²) in [5.41, 5.74) is 14.4. The summed E-state index contributed by atoms with van der Waals surface area (Å²) in [7, 11) is 1.81. The normalized spacial score (nSPS) is 12.3. The van der Waals surface area contributed by atoms with Gasteiger partial charge in [-0.3, -0.25) is 14.4 Å². The molecule has 246 valence electrons. The molecule has 2 aromatic heterocycles. The van der Waals surface area contributed by atoms with Crippen LogP contribution in [0, 0.1) is 0 Å². The number of carboxylic acids is 2. The summed E-state index contributed by atoms with van der Waals surface area (Å²) >= 11 is 0. The standard InChI is InChI=1S/C33H33N9O6/c1-42(17-21-16-36-29-27(37-21)28(34)40-33(35)41-29)22-11-9-19(10-12-22)30(45)38-24(13-14-26(43)44)31(46)39-25(32(47)48)15-20-7-4-6-18-5-2-3-8-23(18)20/h2-12,16,24-25H,13-15,17H2,1H3,(H,38,45)(H,39,46)(H,43,44)(H,47,48)(H4,34,35,36,40,41)/t24-,25-/m0/s1. The van der Waals surface area contributed by atoms with E-state index >= 15 is 0 Å². The van der Waals surface area contributed by atoms with E-state index in [-0.39, 0.29) is 35.8 Å². The predicted molar refractivity (Wildman–Crippen MR) is 178 cm³/mol. The van der Waals surface area contributed by atoms with Crippen molar-refractivity contribution in [3.05, 3.63) is 89.7 Å². The maximum atomic E-state index is 13.3. The molecule has 0 aliphatic carbocycles. The summed E-state index contributed by atoms with van der Waals surface area (Å²) in [5.74, 6) is -3.77. The average Bonchev–Trinajstić information content (AvgIpc) is 3.06. The average molecular weight is 652 g/mol. The number of hydrogen-bond acceptors (Lipinski definition) is 11. The summed E-state index contributed by atoms with van der Waals surface area (Å²) in [4.78, 5) is 68.5. The van der Waals surface area contributed by atoms with Crippen LogP contribution in [0.25, 0.3) is 21.9 Å². The lowest BCUT2D eigenvalue weighted by molar-refractivity contribution is -0.142. The van der Waals surface area contributed by atoms with Gasteiger partial charge in [-0.1, -0.05) is 42.5 Å². The summed E-state index contributed by atoms with van der Waals surface area (Å²) in [6.45, 7) is 0.333. The number of anilines is 3. The van der Waals surface area contributed by atoms with E-state index in [2.05, 4.69) is 30.6 Å². The highest BCUT2D eigenvalue weighted by molar-refractivity contribution is 5.98. The SMILES string of the molecule is CN(Cc1cnc2nc(N)nc(N)c2n1)c1ccc(C(=O)N[C@@H](CCC(=O)O)C(=O)N[C@@H](Cc2cccc3ccccc23)C(=O)O)cc1. The first-order chi connectivity index (χ1) is 23.0. The zero-order chi connectivity index (χ0) is 34.4. The summed E-state index contributed by atoms with van der Waals surface area (Å²) in [5, 5.41) is 26.0. The maximum absolute atomic E-state index is 13.3. The van der Waals surface area contributed by atoms with E-state index in [1.165, 1.54) is 0 Å². The number of nitrogens with two attached hydrogens (primary N) is 2. The molecule has 0 aliphatic rings. The fraction of sp³-hybridized carbons (Fsp3) is 0.212. The number of carboxylic acid groups (broad SMARTS) is 2. The van der Waals surface area contributed by atoms with Gasteiger partial charge in [0.2, 0.25) is 11.9 Å². The molecular weight excluding hydrogens is 618 g/mol. The van der Waals surface area contributed by atoms with Crippen LogP contribution in [0.3, 0.4) is 0 Å². The van der Waals surface area contributed by atoms with Crippen LogP contribution < -0.4 is 27.0 Å². The van der Waals surface area contributed by atoms with Gasteiger partial charge >= 0.3 is 11.9 Å². The number of nitrogens with zero attached hydrogens (tertiary/aromatic N) is 5. The molecule has 3 aromatic carbocycles.